The zero-order valence-electron chi connectivity index (χ0n) is 18.1. The number of carbonyl (C=O) groups is 1. The molecule has 1 aliphatic carbocycles. The Balaban J connectivity index is 1.35. The third kappa shape index (κ3) is 5.39. The van der Waals surface area contributed by atoms with E-state index >= 15 is 0 Å². The Hall–Kier alpha value is -2.54. The maximum atomic E-state index is 13.2. The summed E-state index contributed by atoms with van der Waals surface area (Å²) in [6, 6.07) is 5.93. The number of nitrogens with zero attached hydrogens (tertiary/aromatic N) is 2. The van der Waals surface area contributed by atoms with Gasteiger partial charge in [-0.25, -0.2) is 9.37 Å². The molecule has 2 N–H and O–H groups in total. The summed E-state index contributed by atoms with van der Waals surface area (Å²) in [6.07, 6.45) is 5.94. The zero-order valence-corrected chi connectivity index (χ0v) is 18.1. The molecule has 0 radical (unpaired) electrons. The highest BCUT2D eigenvalue weighted by Crippen LogP contribution is 2.24. The largest absolute Gasteiger partial charge is 0.356 e. The van der Waals surface area contributed by atoms with Crippen LogP contribution in [0.2, 0.25) is 0 Å². The highest BCUT2D eigenvalue weighted by atomic mass is 19.1. The lowest BCUT2D eigenvalue weighted by Crippen LogP contribution is -2.35. The molecule has 1 saturated heterocycles. The van der Waals surface area contributed by atoms with Gasteiger partial charge in [-0.2, -0.15) is 0 Å². The van der Waals surface area contributed by atoms with Gasteiger partial charge in [-0.1, -0.05) is 0 Å². The third-order valence-electron chi connectivity index (χ3n) is 6.75. The molecule has 1 amide bonds. The average Bonchev–Trinajstić information content (AvgIpc) is 2.99. The molecule has 0 spiro atoms. The second-order valence-electron chi connectivity index (χ2n) is 8.95. The van der Waals surface area contributed by atoms with Gasteiger partial charge in [0, 0.05) is 23.6 Å². The highest BCUT2D eigenvalue weighted by Gasteiger charge is 2.25. The van der Waals surface area contributed by atoms with Gasteiger partial charge in [0.15, 0.2) is 0 Å². The van der Waals surface area contributed by atoms with Crippen molar-refractivity contribution in [2.45, 2.75) is 44.9 Å². The van der Waals surface area contributed by atoms with Crippen LogP contribution in [0.3, 0.4) is 0 Å². The molecule has 6 nitrogen and oxygen atoms in total. The number of hydrogen-bond acceptors (Lipinski definition) is 4. The first-order chi connectivity index (χ1) is 15.0. The quantitative estimate of drug-likeness (QED) is 0.721. The predicted molar refractivity (Wildman–Crippen MR) is 118 cm³/mol. The Bertz CT molecular complexity index is 965. The van der Waals surface area contributed by atoms with Gasteiger partial charge in [0.25, 0.3) is 5.56 Å². The van der Waals surface area contributed by atoms with Crippen molar-refractivity contribution in [3.05, 3.63) is 51.7 Å². The lowest BCUT2D eigenvalue weighted by molar-refractivity contribution is -0.125. The lowest BCUT2D eigenvalue weighted by atomic mass is 9.93. The summed E-state index contributed by atoms with van der Waals surface area (Å²) in [4.78, 5) is 35.2. The van der Waals surface area contributed by atoms with Gasteiger partial charge in [-0.15, -0.1) is 0 Å². The normalized spacial score (nSPS) is 20.1. The first-order valence-electron chi connectivity index (χ1n) is 11.3. The Kier molecular flexibility index (Phi) is 6.80. The maximum absolute atomic E-state index is 13.2. The van der Waals surface area contributed by atoms with Crippen molar-refractivity contribution in [3.63, 3.8) is 0 Å². The predicted octanol–water partition coefficient (Wildman–Crippen LogP) is 2.92. The fourth-order valence-electron chi connectivity index (χ4n) is 4.68. The number of H-pyrrole nitrogens is 1. The van der Waals surface area contributed by atoms with Gasteiger partial charge >= 0.3 is 0 Å². The fourth-order valence-corrected chi connectivity index (χ4v) is 4.68. The number of aromatic nitrogens is 2. The van der Waals surface area contributed by atoms with Crippen LogP contribution in [0, 0.1) is 17.7 Å². The lowest BCUT2D eigenvalue weighted by Gasteiger charge is -2.29. The number of hydrogen-bond donors (Lipinski definition) is 2. The third-order valence-corrected chi connectivity index (χ3v) is 6.75. The van der Waals surface area contributed by atoms with E-state index in [4.69, 9.17) is 0 Å². The van der Waals surface area contributed by atoms with E-state index in [9.17, 15) is 14.0 Å². The molecule has 1 atom stereocenters. The minimum Gasteiger partial charge on any atom is -0.356 e. The number of fused-ring (bicyclic) bond motifs is 1. The number of carbonyl (C=O) groups excluding carboxylic acids is 1. The molecule has 1 aromatic heterocycles. The molecule has 0 saturated carbocycles. The number of nitrogens with one attached hydrogen (secondary N) is 2. The van der Waals surface area contributed by atoms with Crippen LogP contribution in [0.4, 0.5) is 4.39 Å². The molecule has 2 aromatic rings. The summed E-state index contributed by atoms with van der Waals surface area (Å²) in [5.41, 5.74) is 1.94. The summed E-state index contributed by atoms with van der Waals surface area (Å²) < 4.78 is 13.2. The summed E-state index contributed by atoms with van der Waals surface area (Å²) in [5.74, 6) is 0.814. The van der Waals surface area contributed by atoms with E-state index in [1.54, 1.807) is 12.1 Å². The standard InChI is InChI=1S/C24H31FN4O2/c1-29-14-11-16(12-15-29)10-13-26-23(30)18-4-8-20-21(9-5-18)27-22(28-24(20)31)17-2-6-19(25)7-3-17/h2-3,6-7,16,18H,4-5,8-15H2,1H3,(H,26,30)(H,27,28,31). The fraction of sp³-hybridized carbons (Fsp3) is 0.542. The number of amides is 1. The molecule has 1 aromatic carbocycles. The summed E-state index contributed by atoms with van der Waals surface area (Å²) in [6.45, 7) is 3.01. The smallest absolute Gasteiger partial charge is 0.254 e. The van der Waals surface area contributed by atoms with Crippen molar-refractivity contribution in [3.8, 4) is 11.4 Å². The van der Waals surface area contributed by atoms with E-state index < -0.39 is 0 Å². The molecule has 4 rings (SSSR count). The molecule has 1 fully saturated rings. The molecular weight excluding hydrogens is 395 g/mol. The minimum absolute atomic E-state index is 0.0934. The molecule has 2 heterocycles. The van der Waals surface area contributed by atoms with Crippen LogP contribution < -0.4 is 10.9 Å². The van der Waals surface area contributed by atoms with E-state index in [1.807, 2.05) is 0 Å². The first kappa shape index (κ1) is 21.7. The van der Waals surface area contributed by atoms with Crippen molar-refractivity contribution in [2.24, 2.45) is 11.8 Å². The number of piperidine rings is 1. The van der Waals surface area contributed by atoms with Crippen molar-refractivity contribution >= 4 is 5.91 Å². The number of aromatic amines is 1. The summed E-state index contributed by atoms with van der Waals surface area (Å²) >= 11 is 0. The maximum Gasteiger partial charge on any atom is 0.254 e. The molecular formula is C24H31FN4O2. The Morgan fingerprint density at radius 2 is 1.87 bits per heavy atom. The molecule has 1 unspecified atom stereocenters. The molecule has 31 heavy (non-hydrogen) atoms. The monoisotopic (exact) mass is 426 g/mol. The molecule has 166 valence electrons. The van der Waals surface area contributed by atoms with Gasteiger partial charge < -0.3 is 15.2 Å². The Morgan fingerprint density at radius 1 is 1.16 bits per heavy atom. The molecule has 1 aliphatic heterocycles. The highest BCUT2D eigenvalue weighted by molar-refractivity contribution is 5.78. The van der Waals surface area contributed by atoms with Crippen LogP contribution in [-0.2, 0) is 17.6 Å². The molecule has 7 heteroatoms. The Morgan fingerprint density at radius 3 is 2.61 bits per heavy atom. The van der Waals surface area contributed by atoms with E-state index in [1.165, 1.54) is 25.0 Å². The van der Waals surface area contributed by atoms with Crippen molar-refractivity contribution < 1.29 is 9.18 Å². The topological polar surface area (TPSA) is 78.1 Å². The second-order valence-corrected chi connectivity index (χ2v) is 8.95. The number of halogens is 1. The van der Waals surface area contributed by atoms with E-state index in [2.05, 4.69) is 27.2 Å². The van der Waals surface area contributed by atoms with E-state index in [-0.39, 0.29) is 23.2 Å². The summed E-state index contributed by atoms with van der Waals surface area (Å²) in [7, 11) is 2.16. The van der Waals surface area contributed by atoms with Crippen LogP contribution in [0.15, 0.2) is 29.1 Å². The van der Waals surface area contributed by atoms with Gasteiger partial charge in [0.2, 0.25) is 5.91 Å². The van der Waals surface area contributed by atoms with Crippen LogP contribution in [0.25, 0.3) is 11.4 Å². The first-order valence-corrected chi connectivity index (χ1v) is 11.3. The van der Waals surface area contributed by atoms with Crippen LogP contribution >= 0.6 is 0 Å². The number of benzene rings is 1. The molecule has 2 aliphatic rings. The SMILES string of the molecule is CN1CCC(CCNC(=O)C2CCc3nc(-c4ccc(F)cc4)[nH]c(=O)c3CC2)CC1. The van der Waals surface area contributed by atoms with Gasteiger partial charge in [-0.3, -0.25) is 9.59 Å². The van der Waals surface area contributed by atoms with Crippen molar-refractivity contribution in [1.82, 2.24) is 20.2 Å². The van der Waals surface area contributed by atoms with Gasteiger partial charge in [0.05, 0.1) is 5.69 Å². The zero-order chi connectivity index (χ0) is 21.8. The van der Waals surface area contributed by atoms with Crippen LogP contribution in [-0.4, -0.2) is 47.5 Å². The van der Waals surface area contributed by atoms with Gasteiger partial charge in [0.1, 0.15) is 11.6 Å². The van der Waals surface area contributed by atoms with Crippen molar-refractivity contribution in [1.29, 1.82) is 0 Å². The number of rotatable bonds is 5. The Labute approximate surface area is 182 Å². The summed E-state index contributed by atoms with van der Waals surface area (Å²) in [5, 5.41) is 3.13. The average molecular weight is 427 g/mol. The van der Waals surface area contributed by atoms with Crippen LogP contribution in [0.1, 0.15) is 43.4 Å². The minimum atomic E-state index is -0.328. The van der Waals surface area contributed by atoms with Gasteiger partial charge in [-0.05, 0) is 95.3 Å². The number of likely N-dealkylation sites (tertiary alicyclic amines) is 1. The molecule has 0 bridgehead atoms. The van der Waals surface area contributed by atoms with Crippen LogP contribution in [0.5, 0.6) is 0 Å². The van der Waals surface area contributed by atoms with Crippen molar-refractivity contribution in [2.75, 3.05) is 26.7 Å². The van der Waals surface area contributed by atoms with E-state index in [0.29, 0.717) is 48.6 Å². The number of aryl methyl sites for hydroxylation is 1. The second kappa shape index (κ2) is 9.73. The van der Waals surface area contributed by atoms with E-state index in [0.717, 1.165) is 31.7 Å².